The van der Waals surface area contributed by atoms with Gasteiger partial charge in [0.05, 0.1) is 16.5 Å². The predicted molar refractivity (Wildman–Crippen MR) is 146 cm³/mol. The van der Waals surface area contributed by atoms with Gasteiger partial charge in [-0.15, -0.1) is 0 Å². The Morgan fingerprint density at radius 2 is 1.87 bits per heavy atom. The minimum absolute atomic E-state index is 0.112. The van der Waals surface area contributed by atoms with Gasteiger partial charge in [-0.3, -0.25) is 9.69 Å². The fourth-order valence-corrected chi connectivity index (χ4v) is 6.63. The number of ether oxygens (including phenoxy) is 2. The van der Waals surface area contributed by atoms with Crippen molar-refractivity contribution in [3.05, 3.63) is 70.2 Å². The van der Waals surface area contributed by atoms with Crippen LogP contribution in [0.25, 0.3) is 33.4 Å². The molecule has 39 heavy (non-hydrogen) atoms. The Hall–Kier alpha value is -3.99. The van der Waals surface area contributed by atoms with Gasteiger partial charge in [-0.1, -0.05) is 29.8 Å². The van der Waals surface area contributed by atoms with Gasteiger partial charge in [-0.05, 0) is 72.8 Å². The number of benzene rings is 3. The van der Waals surface area contributed by atoms with Crippen LogP contribution < -0.4 is 9.47 Å². The highest BCUT2D eigenvalue weighted by atomic mass is 35.5. The van der Waals surface area contributed by atoms with Crippen LogP contribution in [0.2, 0.25) is 5.02 Å². The number of fused-ring (bicyclic) bond motifs is 3. The third kappa shape index (κ3) is 3.94. The molecule has 3 aliphatic rings. The third-order valence-electron chi connectivity index (χ3n) is 8.21. The van der Waals surface area contributed by atoms with E-state index in [0.717, 1.165) is 58.3 Å². The van der Waals surface area contributed by atoms with Gasteiger partial charge in [-0.25, -0.2) is 0 Å². The molecule has 3 heterocycles. The number of hydrogen-bond acceptors (Lipinski definition) is 6. The Bertz CT molecular complexity index is 1690. The van der Waals surface area contributed by atoms with Crippen molar-refractivity contribution in [2.45, 2.75) is 25.3 Å². The van der Waals surface area contributed by atoms with Crippen LogP contribution in [0.15, 0.2) is 52.9 Å². The molecule has 2 aliphatic heterocycles. The number of carboxylic acids is 1. The molecular formula is C31H25ClN2O5. The van der Waals surface area contributed by atoms with Gasteiger partial charge in [-0.2, -0.15) is 5.26 Å². The Morgan fingerprint density at radius 1 is 1.05 bits per heavy atom. The van der Waals surface area contributed by atoms with E-state index < -0.39 is 5.97 Å². The maximum Gasteiger partial charge on any atom is 0.307 e. The van der Waals surface area contributed by atoms with Gasteiger partial charge >= 0.3 is 5.97 Å². The van der Waals surface area contributed by atoms with E-state index in [2.05, 4.69) is 17.0 Å². The molecule has 0 radical (unpaired) electrons. The molecule has 1 aliphatic carbocycles. The molecule has 1 N–H and O–H groups in total. The Balaban J connectivity index is 1.28. The lowest BCUT2D eigenvalue weighted by Crippen LogP contribution is -2.26. The zero-order valence-corrected chi connectivity index (χ0v) is 21.8. The lowest BCUT2D eigenvalue weighted by atomic mass is 9.99. The van der Waals surface area contributed by atoms with Gasteiger partial charge < -0.3 is 19.0 Å². The molecule has 0 unspecified atom stereocenters. The number of carbonyl (C=O) groups is 1. The Labute approximate surface area is 230 Å². The number of nitrogens with zero attached hydrogens (tertiary/aromatic N) is 2. The van der Waals surface area contributed by atoms with Gasteiger partial charge in [0.25, 0.3) is 0 Å². The molecule has 0 spiro atoms. The van der Waals surface area contributed by atoms with Crippen molar-refractivity contribution in [2.24, 2.45) is 5.92 Å². The van der Waals surface area contributed by atoms with Crippen LogP contribution in [0.5, 0.6) is 11.5 Å². The standard InChI is InChI=1S/C31H25ClN2O5/c32-29-20(17-4-7-26-28(13-17)38-11-10-37-26)2-1-3-22(29)27-14-19-12-23-21(24(15-33)30(19)39-27)5-6-25(23)34-9-8-18(16-34)31(35)36/h1-4,7,12-14,18,25H,5-6,8-11,16H2,(H,35,36)/t18-,25-/m1/s1. The number of likely N-dealkylation sites (tertiary alicyclic amines) is 1. The summed E-state index contributed by atoms with van der Waals surface area (Å²) in [6, 6.07) is 18.2. The predicted octanol–water partition coefficient (Wildman–Crippen LogP) is 6.46. The summed E-state index contributed by atoms with van der Waals surface area (Å²) in [6.07, 6.45) is 2.30. The second-order valence-electron chi connectivity index (χ2n) is 10.4. The van der Waals surface area contributed by atoms with E-state index in [4.69, 9.17) is 25.5 Å². The number of carboxylic acid groups (broad SMARTS) is 1. The zero-order chi connectivity index (χ0) is 26.7. The van der Waals surface area contributed by atoms with Crippen molar-refractivity contribution in [2.75, 3.05) is 26.3 Å². The molecule has 1 saturated heterocycles. The number of aliphatic carboxylic acids is 1. The number of furan rings is 1. The monoisotopic (exact) mass is 540 g/mol. The fraction of sp³-hybridized carbons (Fsp3) is 0.290. The lowest BCUT2D eigenvalue weighted by Gasteiger charge is -2.24. The zero-order valence-electron chi connectivity index (χ0n) is 21.1. The number of halogens is 1. The summed E-state index contributed by atoms with van der Waals surface area (Å²) in [5, 5.41) is 21.0. The molecule has 196 valence electrons. The third-order valence-corrected chi connectivity index (χ3v) is 8.62. The van der Waals surface area contributed by atoms with Crippen LogP contribution in [0, 0.1) is 17.2 Å². The first-order valence-corrected chi connectivity index (χ1v) is 13.5. The molecule has 7 nitrogen and oxygen atoms in total. The number of rotatable bonds is 4. The van der Waals surface area contributed by atoms with Gasteiger partial charge in [0, 0.05) is 29.1 Å². The van der Waals surface area contributed by atoms with E-state index in [1.165, 1.54) is 0 Å². The van der Waals surface area contributed by atoms with Crippen molar-refractivity contribution in [3.63, 3.8) is 0 Å². The summed E-state index contributed by atoms with van der Waals surface area (Å²) in [6.45, 7) is 2.33. The van der Waals surface area contributed by atoms with Crippen LogP contribution in [0.3, 0.4) is 0 Å². The molecular weight excluding hydrogens is 516 g/mol. The van der Waals surface area contributed by atoms with E-state index in [-0.39, 0.29) is 12.0 Å². The highest BCUT2D eigenvalue weighted by Gasteiger charge is 2.37. The van der Waals surface area contributed by atoms with Crippen LogP contribution in [-0.4, -0.2) is 42.3 Å². The maximum absolute atomic E-state index is 11.5. The summed E-state index contributed by atoms with van der Waals surface area (Å²) in [5.74, 6) is 0.936. The van der Waals surface area contributed by atoms with Crippen LogP contribution >= 0.6 is 11.6 Å². The molecule has 0 bridgehead atoms. The summed E-state index contributed by atoms with van der Waals surface area (Å²) >= 11 is 6.96. The van der Waals surface area contributed by atoms with Gasteiger partial charge in [0.15, 0.2) is 17.1 Å². The molecule has 3 aromatic carbocycles. The highest BCUT2D eigenvalue weighted by Crippen LogP contribution is 2.45. The topological polar surface area (TPSA) is 95.9 Å². The molecule has 0 saturated carbocycles. The average Bonchev–Trinajstić information content (AvgIpc) is 3.70. The lowest BCUT2D eigenvalue weighted by molar-refractivity contribution is -0.141. The van der Waals surface area contributed by atoms with Gasteiger partial charge in [0.2, 0.25) is 0 Å². The largest absolute Gasteiger partial charge is 0.486 e. The smallest absolute Gasteiger partial charge is 0.307 e. The molecule has 1 fully saturated rings. The van der Waals surface area contributed by atoms with Crippen LogP contribution in [-0.2, 0) is 11.2 Å². The second kappa shape index (κ2) is 9.33. The molecule has 1 aromatic heterocycles. The summed E-state index contributed by atoms with van der Waals surface area (Å²) in [7, 11) is 0. The van der Waals surface area contributed by atoms with E-state index in [1.54, 1.807) is 0 Å². The first-order chi connectivity index (χ1) is 19.0. The molecule has 7 rings (SSSR count). The van der Waals surface area contributed by atoms with E-state index >= 15 is 0 Å². The van der Waals surface area contributed by atoms with Crippen molar-refractivity contribution < 1.29 is 23.8 Å². The number of nitriles is 1. The van der Waals surface area contributed by atoms with E-state index in [0.29, 0.717) is 53.9 Å². The quantitative estimate of drug-likeness (QED) is 0.317. The fourth-order valence-electron chi connectivity index (χ4n) is 6.31. The summed E-state index contributed by atoms with van der Waals surface area (Å²) in [5.41, 5.74) is 5.73. The van der Waals surface area contributed by atoms with E-state index in [1.807, 2.05) is 42.5 Å². The Morgan fingerprint density at radius 3 is 2.67 bits per heavy atom. The van der Waals surface area contributed by atoms with Crippen LogP contribution in [0.1, 0.15) is 35.6 Å². The second-order valence-corrected chi connectivity index (χ2v) is 10.7. The van der Waals surface area contributed by atoms with Crippen molar-refractivity contribution in [1.82, 2.24) is 4.90 Å². The van der Waals surface area contributed by atoms with Crippen molar-refractivity contribution in [1.29, 1.82) is 5.26 Å². The SMILES string of the molecule is N#Cc1c2c(cc3cc(-c4cccc(-c5ccc6c(c5)OCCO6)c4Cl)oc13)[C@H](N1CC[C@@H](C(=O)O)C1)CC2. The maximum atomic E-state index is 11.5. The van der Waals surface area contributed by atoms with Gasteiger partial charge in [0.1, 0.15) is 25.0 Å². The first kappa shape index (κ1) is 24.1. The molecule has 2 atom stereocenters. The van der Waals surface area contributed by atoms with E-state index in [9.17, 15) is 15.2 Å². The number of hydrogen-bond donors (Lipinski definition) is 1. The van der Waals surface area contributed by atoms with Crippen LogP contribution in [0.4, 0.5) is 0 Å². The summed E-state index contributed by atoms with van der Waals surface area (Å²) in [4.78, 5) is 13.8. The average molecular weight is 541 g/mol. The highest BCUT2D eigenvalue weighted by molar-refractivity contribution is 6.36. The Kier molecular flexibility index (Phi) is 5.76. The van der Waals surface area contributed by atoms with Crippen molar-refractivity contribution in [3.8, 4) is 40.0 Å². The normalized spacial score (nSPS) is 20.2. The summed E-state index contributed by atoms with van der Waals surface area (Å²) < 4.78 is 17.7. The first-order valence-electron chi connectivity index (χ1n) is 13.2. The molecule has 8 heteroatoms. The molecule has 4 aromatic rings. The molecule has 0 amide bonds. The minimum atomic E-state index is -0.737. The minimum Gasteiger partial charge on any atom is -0.486 e. The van der Waals surface area contributed by atoms with Crippen molar-refractivity contribution >= 4 is 28.5 Å².